The van der Waals surface area contributed by atoms with Crippen molar-refractivity contribution in [3.05, 3.63) is 0 Å². The van der Waals surface area contributed by atoms with Gasteiger partial charge in [-0.25, -0.2) is 4.79 Å². The number of aliphatic hydroxyl groups excluding tert-OH is 1. The van der Waals surface area contributed by atoms with Crippen LogP contribution < -0.4 is 0 Å². The van der Waals surface area contributed by atoms with Crippen molar-refractivity contribution in [2.24, 2.45) is 5.41 Å². The van der Waals surface area contributed by atoms with E-state index in [-0.39, 0.29) is 24.2 Å². The number of carbonyl (C=O) groups excluding carboxylic acids is 1. The summed E-state index contributed by atoms with van der Waals surface area (Å²) in [6, 6.07) is 0.183. The molecular weight excluding hydrogens is 218 g/mol. The minimum absolute atomic E-state index is 0.0204. The SMILES string of the molecule is CC(C)(C)OC(=O)N1CCC[C@@H]1C1(CO)CC1. The minimum atomic E-state index is -0.444. The average Bonchev–Trinajstić information content (AvgIpc) is 2.85. The van der Waals surface area contributed by atoms with E-state index in [1.165, 1.54) is 0 Å². The van der Waals surface area contributed by atoms with E-state index in [4.69, 9.17) is 4.74 Å². The molecule has 0 aromatic heterocycles. The standard InChI is InChI=1S/C13H23NO3/c1-12(2,3)17-11(16)14-8-4-5-10(14)13(9-15)6-7-13/h10,15H,4-9H2,1-3H3/t10-/m1/s1. The van der Waals surface area contributed by atoms with Crippen molar-refractivity contribution in [2.45, 2.75) is 58.1 Å². The molecule has 4 heteroatoms. The van der Waals surface area contributed by atoms with Gasteiger partial charge in [0.2, 0.25) is 0 Å². The lowest BCUT2D eigenvalue weighted by Crippen LogP contribution is -2.44. The Labute approximate surface area is 103 Å². The summed E-state index contributed by atoms with van der Waals surface area (Å²) in [4.78, 5) is 13.9. The van der Waals surface area contributed by atoms with Crippen LogP contribution in [0.25, 0.3) is 0 Å². The zero-order valence-electron chi connectivity index (χ0n) is 11.0. The fraction of sp³-hybridized carbons (Fsp3) is 0.923. The van der Waals surface area contributed by atoms with Crippen LogP contribution >= 0.6 is 0 Å². The maximum absolute atomic E-state index is 12.1. The summed E-state index contributed by atoms with van der Waals surface area (Å²) in [6.45, 7) is 6.61. The van der Waals surface area contributed by atoms with E-state index in [9.17, 15) is 9.90 Å². The maximum atomic E-state index is 12.1. The average molecular weight is 241 g/mol. The fourth-order valence-electron chi connectivity index (χ4n) is 2.70. The van der Waals surface area contributed by atoms with Gasteiger partial charge in [0, 0.05) is 18.0 Å². The number of aliphatic hydroxyl groups is 1. The van der Waals surface area contributed by atoms with Crippen molar-refractivity contribution in [1.82, 2.24) is 4.90 Å². The van der Waals surface area contributed by atoms with Crippen molar-refractivity contribution < 1.29 is 14.6 Å². The first-order valence-electron chi connectivity index (χ1n) is 6.48. The van der Waals surface area contributed by atoms with Gasteiger partial charge in [0.05, 0.1) is 6.61 Å². The fourth-order valence-corrected chi connectivity index (χ4v) is 2.70. The van der Waals surface area contributed by atoms with E-state index in [0.717, 1.165) is 32.2 Å². The van der Waals surface area contributed by atoms with Crippen LogP contribution in [0.3, 0.4) is 0 Å². The Morgan fingerprint density at radius 3 is 2.59 bits per heavy atom. The summed E-state index contributed by atoms with van der Waals surface area (Å²) < 4.78 is 5.42. The molecule has 0 aromatic carbocycles. The molecule has 98 valence electrons. The Balaban J connectivity index is 2.02. The second kappa shape index (κ2) is 4.16. The number of ether oxygens (including phenoxy) is 1. The molecule has 1 atom stereocenters. The van der Waals surface area contributed by atoms with E-state index >= 15 is 0 Å². The van der Waals surface area contributed by atoms with Crippen LogP contribution in [-0.2, 0) is 4.74 Å². The molecule has 1 aliphatic carbocycles. The van der Waals surface area contributed by atoms with Gasteiger partial charge in [0.25, 0.3) is 0 Å². The van der Waals surface area contributed by atoms with Crippen LogP contribution in [0.15, 0.2) is 0 Å². The van der Waals surface area contributed by atoms with Gasteiger partial charge in [0.15, 0.2) is 0 Å². The van der Waals surface area contributed by atoms with Crippen molar-refractivity contribution in [2.75, 3.05) is 13.2 Å². The van der Waals surface area contributed by atoms with E-state index in [1.807, 2.05) is 25.7 Å². The highest BCUT2D eigenvalue weighted by molar-refractivity contribution is 5.69. The monoisotopic (exact) mass is 241 g/mol. The van der Waals surface area contributed by atoms with Crippen LogP contribution in [0.5, 0.6) is 0 Å². The van der Waals surface area contributed by atoms with Crippen molar-refractivity contribution in [1.29, 1.82) is 0 Å². The molecule has 2 rings (SSSR count). The Kier molecular flexibility index (Phi) is 3.10. The summed E-state index contributed by atoms with van der Waals surface area (Å²) in [6.07, 6.45) is 3.87. The summed E-state index contributed by atoms with van der Waals surface area (Å²) >= 11 is 0. The summed E-state index contributed by atoms with van der Waals surface area (Å²) in [5.41, 5.74) is -0.465. The zero-order chi connectivity index (χ0) is 12.7. The van der Waals surface area contributed by atoms with Gasteiger partial charge in [-0.15, -0.1) is 0 Å². The predicted molar refractivity (Wildman–Crippen MR) is 64.7 cm³/mol. The molecule has 1 saturated heterocycles. The second-order valence-corrected chi connectivity index (χ2v) is 6.35. The van der Waals surface area contributed by atoms with Gasteiger partial charge in [-0.05, 0) is 46.5 Å². The third-order valence-electron chi connectivity index (χ3n) is 3.79. The van der Waals surface area contributed by atoms with Crippen LogP contribution in [0.4, 0.5) is 4.79 Å². The van der Waals surface area contributed by atoms with E-state index in [1.54, 1.807) is 0 Å². The number of likely N-dealkylation sites (tertiary alicyclic amines) is 1. The van der Waals surface area contributed by atoms with E-state index in [2.05, 4.69) is 0 Å². The van der Waals surface area contributed by atoms with E-state index < -0.39 is 5.60 Å². The Morgan fingerprint density at radius 2 is 2.12 bits per heavy atom. The third-order valence-corrected chi connectivity index (χ3v) is 3.79. The number of hydrogen-bond donors (Lipinski definition) is 1. The molecule has 17 heavy (non-hydrogen) atoms. The summed E-state index contributed by atoms with van der Waals surface area (Å²) in [7, 11) is 0. The van der Waals surface area contributed by atoms with Gasteiger partial charge in [-0.3, -0.25) is 0 Å². The number of hydrogen-bond acceptors (Lipinski definition) is 3. The van der Waals surface area contributed by atoms with Crippen molar-refractivity contribution in [3.63, 3.8) is 0 Å². The number of carbonyl (C=O) groups is 1. The highest BCUT2D eigenvalue weighted by Crippen LogP contribution is 2.53. The third kappa shape index (κ3) is 2.57. The highest BCUT2D eigenvalue weighted by atomic mass is 16.6. The molecular formula is C13H23NO3. The zero-order valence-corrected chi connectivity index (χ0v) is 11.0. The molecule has 4 nitrogen and oxygen atoms in total. The second-order valence-electron chi connectivity index (χ2n) is 6.35. The van der Waals surface area contributed by atoms with Gasteiger partial charge < -0.3 is 14.7 Å². The van der Waals surface area contributed by atoms with Crippen LogP contribution in [0.1, 0.15) is 46.5 Å². The first kappa shape index (κ1) is 12.7. The lowest BCUT2D eigenvalue weighted by atomic mass is 9.95. The first-order valence-corrected chi connectivity index (χ1v) is 6.48. The molecule has 0 radical (unpaired) electrons. The van der Waals surface area contributed by atoms with Crippen molar-refractivity contribution in [3.8, 4) is 0 Å². The normalized spacial score (nSPS) is 27.1. The van der Waals surface area contributed by atoms with Crippen LogP contribution in [-0.4, -0.2) is 40.9 Å². The van der Waals surface area contributed by atoms with Crippen LogP contribution in [0.2, 0.25) is 0 Å². The molecule has 0 aromatic rings. The number of nitrogens with zero attached hydrogens (tertiary/aromatic N) is 1. The lowest BCUT2D eigenvalue weighted by molar-refractivity contribution is 0.0117. The molecule has 2 fully saturated rings. The van der Waals surface area contributed by atoms with Crippen molar-refractivity contribution >= 4 is 6.09 Å². The quantitative estimate of drug-likeness (QED) is 0.806. The summed E-state index contributed by atoms with van der Waals surface area (Å²) in [5, 5.41) is 9.47. The molecule has 1 saturated carbocycles. The molecule has 1 heterocycles. The molecule has 1 N–H and O–H groups in total. The van der Waals surface area contributed by atoms with Gasteiger partial charge >= 0.3 is 6.09 Å². The molecule has 0 spiro atoms. The molecule has 1 amide bonds. The Hall–Kier alpha value is -0.770. The Bertz CT molecular complexity index is 304. The van der Waals surface area contributed by atoms with E-state index in [0.29, 0.717) is 0 Å². The molecule has 1 aliphatic heterocycles. The number of rotatable bonds is 2. The lowest BCUT2D eigenvalue weighted by Gasteiger charge is -2.32. The maximum Gasteiger partial charge on any atom is 0.410 e. The van der Waals surface area contributed by atoms with Gasteiger partial charge in [-0.2, -0.15) is 0 Å². The van der Waals surface area contributed by atoms with Gasteiger partial charge in [0.1, 0.15) is 5.60 Å². The minimum Gasteiger partial charge on any atom is -0.444 e. The Morgan fingerprint density at radius 1 is 1.47 bits per heavy atom. The topological polar surface area (TPSA) is 49.8 Å². The predicted octanol–water partition coefficient (Wildman–Crippen LogP) is 2.16. The molecule has 0 bridgehead atoms. The highest BCUT2D eigenvalue weighted by Gasteiger charge is 2.53. The summed E-state index contributed by atoms with van der Waals surface area (Å²) in [5.74, 6) is 0. The number of amides is 1. The first-order chi connectivity index (χ1) is 7.88. The van der Waals surface area contributed by atoms with Gasteiger partial charge in [-0.1, -0.05) is 0 Å². The largest absolute Gasteiger partial charge is 0.444 e. The molecule has 2 aliphatic rings. The van der Waals surface area contributed by atoms with Crippen LogP contribution in [0, 0.1) is 5.41 Å². The molecule has 0 unspecified atom stereocenters. The smallest absolute Gasteiger partial charge is 0.410 e.